The topological polar surface area (TPSA) is 85.6 Å². The van der Waals surface area contributed by atoms with Gasteiger partial charge in [-0.15, -0.1) is 0 Å². The number of carbonyl (C=O) groups excluding carboxylic acids is 1. The molecule has 0 radical (unpaired) electrons. The van der Waals surface area contributed by atoms with Gasteiger partial charge in [0.2, 0.25) is 11.8 Å². The number of nitrogens with zero attached hydrogens (tertiary/aromatic N) is 1. The zero-order valence-electron chi connectivity index (χ0n) is 13.8. The summed E-state index contributed by atoms with van der Waals surface area (Å²) in [6.07, 6.45) is 3.91. The van der Waals surface area contributed by atoms with Crippen molar-refractivity contribution in [3.8, 4) is 0 Å². The molecule has 0 aliphatic carbocycles. The molecule has 1 aromatic rings. The minimum Gasteiger partial charge on any atom is -0.353 e. The van der Waals surface area contributed by atoms with Gasteiger partial charge in [-0.2, -0.15) is 0 Å². The van der Waals surface area contributed by atoms with E-state index in [-0.39, 0.29) is 23.7 Å². The van der Waals surface area contributed by atoms with Crippen LogP contribution in [0.2, 0.25) is 0 Å². The molecule has 128 valence electrons. The quantitative estimate of drug-likeness (QED) is 0.830. The molecule has 3 heterocycles. The van der Waals surface area contributed by atoms with Crippen LogP contribution in [0.25, 0.3) is 0 Å². The number of aromatic nitrogens is 1. The highest BCUT2D eigenvalue weighted by Crippen LogP contribution is 2.27. The highest BCUT2D eigenvalue weighted by Gasteiger charge is 2.29. The Morgan fingerprint density at radius 3 is 2.96 bits per heavy atom. The Hall–Kier alpha value is -1.44. The summed E-state index contributed by atoms with van der Waals surface area (Å²) in [5.41, 5.74) is 0.437. The number of amides is 1. The predicted molar refractivity (Wildman–Crippen MR) is 84.1 cm³/mol. The SMILES string of the molecule is CC(C)(COC1CCCCO1)c1cc(NC(=O)[C@@H]2CCN2)on1. The Morgan fingerprint density at radius 1 is 1.48 bits per heavy atom. The van der Waals surface area contributed by atoms with Crippen molar-refractivity contribution in [2.75, 3.05) is 25.1 Å². The fraction of sp³-hybridized carbons (Fsp3) is 0.750. The van der Waals surface area contributed by atoms with Gasteiger partial charge in [0.05, 0.1) is 18.3 Å². The van der Waals surface area contributed by atoms with Crippen LogP contribution in [-0.4, -0.2) is 43.2 Å². The van der Waals surface area contributed by atoms with Crippen LogP contribution >= 0.6 is 0 Å². The van der Waals surface area contributed by atoms with E-state index in [1.54, 1.807) is 6.07 Å². The van der Waals surface area contributed by atoms with Gasteiger partial charge in [-0.05, 0) is 32.2 Å². The van der Waals surface area contributed by atoms with Crippen molar-refractivity contribution in [1.29, 1.82) is 0 Å². The maximum atomic E-state index is 11.9. The minimum absolute atomic E-state index is 0.0800. The zero-order chi connectivity index (χ0) is 16.3. The lowest BCUT2D eigenvalue weighted by molar-refractivity contribution is -0.170. The van der Waals surface area contributed by atoms with Crippen molar-refractivity contribution in [1.82, 2.24) is 10.5 Å². The molecule has 7 nitrogen and oxygen atoms in total. The second-order valence-electron chi connectivity index (χ2n) is 6.85. The Balaban J connectivity index is 1.53. The molecule has 1 amide bonds. The second-order valence-corrected chi connectivity index (χ2v) is 6.85. The molecule has 0 aromatic carbocycles. The van der Waals surface area contributed by atoms with Crippen LogP contribution in [0.1, 0.15) is 45.2 Å². The molecular formula is C16H25N3O4. The smallest absolute Gasteiger partial charge is 0.243 e. The van der Waals surface area contributed by atoms with Gasteiger partial charge in [-0.3, -0.25) is 10.1 Å². The van der Waals surface area contributed by atoms with E-state index in [0.717, 1.165) is 44.5 Å². The molecule has 2 saturated heterocycles. The van der Waals surface area contributed by atoms with Crippen molar-refractivity contribution < 1.29 is 18.8 Å². The maximum Gasteiger partial charge on any atom is 0.243 e. The lowest BCUT2D eigenvalue weighted by Crippen LogP contribution is -2.50. The first-order chi connectivity index (χ1) is 11.0. The van der Waals surface area contributed by atoms with Crippen LogP contribution < -0.4 is 10.6 Å². The van der Waals surface area contributed by atoms with E-state index in [1.807, 2.05) is 13.8 Å². The van der Waals surface area contributed by atoms with Gasteiger partial charge in [0, 0.05) is 18.1 Å². The fourth-order valence-electron chi connectivity index (χ4n) is 2.59. The normalized spacial score (nSPS) is 25.0. The van der Waals surface area contributed by atoms with Crippen LogP contribution in [0.4, 0.5) is 5.88 Å². The van der Waals surface area contributed by atoms with Crippen LogP contribution in [-0.2, 0) is 19.7 Å². The van der Waals surface area contributed by atoms with Crippen LogP contribution in [0.3, 0.4) is 0 Å². The molecule has 3 rings (SSSR count). The number of ether oxygens (including phenoxy) is 2. The van der Waals surface area contributed by atoms with E-state index in [2.05, 4.69) is 15.8 Å². The van der Waals surface area contributed by atoms with E-state index >= 15 is 0 Å². The predicted octanol–water partition coefficient (Wildman–Crippen LogP) is 1.80. The first-order valence-electron chi connectivity index (χ1n) is 8.29. The average molecular weight is 323 g/mol. The van der Waals surface area contributed by atoms with Gasteiger partial charge in [0.15, 0.2) is 6.29 Å². The maximum absolute atomic E-state index is 11.9. The summed E-state index contributed by atoms with van der Waals surface area (Å²) in [5, 5.41) is 9.87. The molecule has 23 heavy (non-hydrogen) atoms. The summed E-state index contributed by atoms with van der Waals surface area (Å²) in [6.45, 7) is 6.20. The molecule has 2 aliphatic heterocycles. The van der Waals surface area contributed by atoms with E-state index < -0.39 is 0 Å². The molecule has 7 heteroatoms. The van der Waals surface area contributed by atoms with Crippen LogP contribution in [0.5, 0.6) is 0 Å². The van der Waals surface area contributed by atoms with Crippen LogP contribution in [0.15, 0.2) is 10.6 Å². The van der Waals surface area contributed by atoms with E-state index in [4.69, 9.17) is 14.0 Å². The van der Waals surface area contributed by atoms with Crippen molar-refractivity contribution >= 4 is 11.8 Å². The molecule has 2 N–H and O–H groups in total. The summed E-state index contributed by atoms with van der Waals surface area (Å²) in [7, 11) is 0. The lowest BCUT2D eigenvalue weighted by Gasteiger charge is -2.28. The lowest BCUT2D eigenvalue weighted by atomic mass is 9.90. The summed E-state index contributed by atoms with van der Waals surface area (Å²) >= 11 is 0. The van der Waals surface area contributed by atoms with Gasteiger partial charge in [0.1, 0.15) is 0 Å². The van der Waals surface area contributed by atoms with Gasteiger partial charge in [0.25, 0.3) is 0 Å². The van der Waals surface area contributed by atoms with Gasteiger partial charge in [-0.25, -0.2) is 0 Å². The summed E-state index contributed by atoms with van der Waals surface area (Å²) in [6, 6.07) is 1.64. The van der Waals surface area contributed by atoms with Gasteiger partial charge < -0.3 is 19.3 Å². The Morgan fingerprint density at radius 2 is 2.30 bits per heavy atom. The van der Waals surface area contributed by atoms with Crippen LogP contribution in [0, 0.1) is 0 Å². The van der Waals surface area contributed by atoms with E-state index in [1.165, 1.54) is 0 Å². The number of carbonyl (C=O) groups is 1. The second kappa shape index (κ2) is 6.98. The Labute approximate surface area is 136 Å². The third-order valence-corrected chi connectivity index (χ3v) is 4.36. The number of nitrogens with one attached hydrogen (secondary N) is 2. The van der Waals surface area contributed by atoms with Crippen molar-refractivity contribution in [3.63, 3.8) is 0 Å². The first kappa shape index (κ1) is 16.4. The molecule has 2 atom stereocenters. The molecule has 2 fully saturated rings. The Bertz CT molecular complexity index is 533. The molecule has 0 bridgehead atoms. The highest BCUT2D eigenvalue weighted by molar-refractivity contribution is 5.94. The molecule has 0 spiro atoms. The van der Waals surface area contributed by atoms with E-state index in [0.29, 0.717) is 12.5 Å². The third-order valence-electron chi connectivity index (χ3n) is 4.36. The van der Waals surface area contributed by atoms with Gasteiger partial charge in [-0.1, -0.05) is 19.0 Å². The molecule has 2 aliphatic rings. The monoisotopic (exact) mass is 323 g/mol. The fourth-order valence-corrected chi connectivity index (χ4v) is 2.59. The zero-order valence-corrected chi connectivity index (χ0v) is 13.8. The average Bonchev–Trinajstić information content (AvgIpc) is 2.94. The molecular weight excluding hydrogens is 298 g/mol. The number of rotatable bonds is 6. The number of hydrogen-bond acceptors (Lipinski definition) is 6. The van der Waals surface area contributed by atoms with Crippen molar-refractivity contribution in [2.45, 2.75) is 57.3 Å². The molecule has 1 unspecified atom stereocenters. The minimum atomic E-state index is -0.317. The number of hydrogen-bond donors (Lipinski definition) is 2. The standard InChI is InChI=1S/C16H25N3O4/c1-16(2,10-22-14-5-3-4-8-21-14)12-9-13(23-19-12)18-15(20)11-6-7-17-11/h9,11,14,17H,3-8,10H2,1-2H3,(H,18,20)/t11-,14?/m0/s1. The molecule has 0 saturated carbocycles. The summed E-state index contributed by atoms with van der Waals surface area (Å²) in [4.78, 5) is 11.9. The summed E-state index contributed by atoms with van der Waals surface area (Å²) < 4.78 is 16.7. The first-order valence-corrected chi connectivity index (χ1v) is 8.29. The van der Waals surface area contributed by atoms with Crippen molar-refractivity contribution in [3.05, 3.63) is 11.8 Å². The van der Waals surface area contributed by atoms with E-state index in [9.17, 15) is 4.79 Å². The van der Waals surface area contributed by atoms with Crippen molar-refractivity contribution in [2.24, 2.45) is 0 Å². The highest BCUT2D eigenvalue weighted by atomic mass is 16.7. The Kier molecular flexibility index (Phi) is 4.99. The summed E-state index contributed by atoms with van der Waals surface area (Å²) in [5.74, 6) is 0.296. The van der Waals surface area contributed by atoms with Gasteiger partial charge >= 0.3 is 0 Å². The largest absolute Gasteiger partial charge is 0.353 e. The third kappa shape index (κ3) is 4.10. The molecule has 1 aromatic heterocycles. The number of anilines is 1.